The number of likely N-dealkylation sites (N-methyl/N-ethyl adjacent to an activating group) is 1. The zero-order chi connectivity index (χ0) is 32.8. The summed E-state index contributed by atoms with van der Waals surface area (Å²) in [6, 6.07) is 6.95. The first-order valence-electron chi connectivity index (χ1n) is 13.9. The van der Waals surface area contributed by atoms with Gasteiger partial charge in [-0.05, 0) is 86.7 Å². The molecule has 0 spiro atoms. The van der Waals surface area contributed by atoms with Gasteiger partial charge in [-0.3, -0.25) is 14.6 Å². The van der Waals surface area contributed by atoms with Gasteiger partial charge >= 0.3 is 12.4 Å². The highest BCUT2D eigenvalue weighted by atomic mass is 19.4. The van der Waals surface area contributed by atoms with Crippen LogP contribution < -0.4 is 4.90 Å². The summed E-state index contributed by atoms with van der Waals surface area (Å²) in [5.74, 6) is -1.47. The highest BCUT2D eigenvalue weighted by Gasteiger charge is 2.41. The number of halogens is 7. The molecule has 12 heteroatoms. The Hall–Kier alpha value is -3.96. The Morgan fingerprint density at radius 1 is 0.909 bits per heavy atom. The van der Waals surface area contributed by atoms with E-state index in [-0.39, 0.29) is 23.6 Å². The van der Waals surface area contributed by atoms with Crippen molar-refractivity contribution in [1.29, 1.82) is 0 Å². The largest absolute Gasteiger partial charge is 0.416 e. The minimum absolute atomic E-state index is 0.0182. The zero-order valence-electron chi connectivity index (χ0n) is 24.8. The summed E-state index contributed by atoms with van der Waals surface area (Å²) in [6.45, 7) is 6.72. The van der Waals surface area contributed by atoms with Crippen LogP contribution in [0.15, 0.2) is 48.7 Å². The van der Waals surface area contributed by atoms with E-state index in [1.807, 2.05) is 0 Å². The lowest BCUT2D eigenvalue weighted by Gasteiger charge is -2.33. The molecule has 1 unspecified atom stereocenters. The monoisotopic (exact) mass is 623 g/mol. The van der Waals surface area contributed by atoms with Crippen molar-refractivity contribution >= 4 is 17.5 Å². The van der Waals surface area contributed by atoms with Crippen LogP contribution in [0.25, 0.3) is 11.1 Å². The molecule has 236 valence electrons. The number of aromatic nitrogens is 1. The third-order valence-electron chi connectivity index (χ3n) is 8.18. The SMILES string of the molecule is CC(=O)N1CCCC(c2cc(-c3ccc(F)cc3C)c(N(C)C(=O)C(C)(C)c3cc(C(F)(F)F)cc(C(F)(F)F)c3)cn2)C1. The lowest BCUT2D eigenvalue weighted by Crippen LogP contribution is -2.42. The second kappa shape index (κ2) is 11.9. The number of likely N-dealkylation sites (tertiary alicyclic amines) is 1. The number of anilines is 1. The van der Waals surface area contributed by atoms with Crippen LogP contribution in [0, 0.1) is 12.7 Å². The summed E-state index contributed by atoms with van der Waals surface area (Å²) in [7, 11) is 1.36. The van der Waals surface area contributed by atoms with E-state index in [0.29, 0.717) is 47.6 Å². The number of nitrogens with zero attached hydrogens (tertiary/aromatic N) is 3. The minimum Gasteiger partial charge on any atom is -0.342 e. The number of hydrogen-bond donors (Lipinski definition) is 0. The van der Waals surface area contributed by atoms with Crippen LogP contribution in [0.3, 0.4) is 0 Å². The van der Waals surface area contributed by atoms with Gasteiger partial charge in [0.25, 0.3) is 0 Å². The number of carbonyl (C=O) groups is 2. The maximum atomic E-state index is 14.0. The van der Waals surface area contributed by atoms with Gasteiger partial charge in [0.05, 0.1) is 28.4 Å². The van der Waals surface area contributed by atoms with Gasteiger partial charge < -0.3 is 9.80 Å². The summed E-state index contributed by atoms with van der Waals surface area (Å²) in [4.78, 5) is 33.4. The standard InChI is InChI=1S/C32H32F7N3O2/c1-18-11-24(33)8-9-25(18)26-15-27(20-7-6-10-42(17-20)19(2)43)40-16-28(26)41(5)29(44)30(3,4)21-12-22(31(34,35)36)14-23(13-21)32(37,38)39/h8-9,11-16,20H,6-7,10,17H2,1-5H3. The van der Waals surface area contributed by atoms with Gasteiger partial charge in [0.15, 0.2) is 0 Å². The van der Waals surface area contributed by atoms with Gasteiger partial charge in [-0.25, -0.2) is 4.39 Å². The average molecular weight is 624 g/mol. The molecule has 1 fully saturated rings. The van der Waals surface area contributed by atoms with E-state index in [0.717, 1.165) is 17.7 Å². The molecule has 2 amide bonds. The van der Waals surface area contributed by atoms with Crippen molar-refractivity contribution in [1.82, 2.24) is 9.88 Å². The van der Waals surface area contributed by atoms with Crippen LogP contribution in [0.5, 0.6) is 0 Å². The van der Waals surface area contributed by atoms with Gasteiger partial charge in [0, 0.05) is 44.2 Å². The Balaban J connectivity index is 1.82. The molecule has 2 heterocycles. The zero-order valence-corrected chi connectivity index (χ0v) is 24.8. The van der Waals surface area contributed by atoms with Crippen molar-refractivity contribution in [2.75, 3.05) is 25.0 Å². The number of aryl methyl sites for hydroxylation is 1. The van der Waals surface area contributed by atoms with Crippen LogP contribution in [0.4, 0.5) is 36.4 Å². The Morgan fingerprint density at radius 3 is 2.05 bits per heavy atom. The van der Waals surface area contributed by atoms with Crippen molar-refractivity contribution in [2.24, 2.45) is 0 Å². The highest BCUT2D eigenvalue weighted by Crippen LogP contribution is 2.41. The molecule has 44 heavy (non-hydrogen) atoms. The predicted octanol–water partition coefficient (Wildman–Crippen LogP) is 7.90. The number of piperidine rings is 1. The summed E-state index contributed by atoms with van der Waals surface area (Å²) in [6.07, 6.45) is -7.24. The Labute approximate surface area is 250 Å². The van der Waals surface area contributed by atoms with Gasteiger partial charge in [0.1, 0.15) is 5.82 Å². The molecule has 2 aromatic carbocycles. The number of pyridine rings is 1. The third kappa shape index (κ3) is 6.73. The van der Waals surface area contributed by atoms with Gasteiger partial charge in [-0.2, -0.15) is 26.3 Å². The molecule has 0 aliphatic carbocycles. The number of hydrogen-bond acceptors (Lipinski definition) is 3. The first kappa shape index (κ1) is 32.9. The maximum absolute atomic E-state index is 14.0. The molecule has 0 bridgehead atoms. The first-order chi connectivity index (χ1) is 20.3. The van der Waals surface area contributed by atoms with E-state index in [4.69, 9.17) is 0 Å². The van der Waals surface area contributed by atoms with Crippen LogP contribution in [0.1, 0.15) is 67.5 Å². The van der Waals surface area contributed by atoms with Crippen LogP contribution >= 0.6 is 0 Å². The molecule has 1 saturated heterocycles. The summed E-state index contributed by atoms with van der Waals surface area (Å²) in [5, 5.41) is 0. The van der Waals surface area contributed by atoms with E-state index >= 15 is 0 Å². The topological polar surface area (TPSA) is 53.5 Å². The van der Waals surface area contributed by atoms with E-state index in [2.05, 4.69) is 4.98 Å². The van der Waals surface area contributed by atoms with E-state index in [9.17, 15) is 40.3 Å². The summed E-state index contributed by atoms with van der Waals surface area (Å²) >= 11 is 0. The van der Waals surface area contributed by atoms with Crippen molar-refractivity contribution in [3.63, 3.8) is 0 Å². The molecule has 1 atom stereocenters. The fourth-order valence-electron chi connectivity index (χ4n) is 5.57. The molecule has 1 aliphatic heterocycles. The Morgan fingerprint density at radius 2 is 1.50 bits per heavy atom. The van der Waals surface area contributed by atoms with Gasteiger partial charge in [0.2, 0.25) is 11.8 Å². The molecule has 4 rings (SSSR count). The number of rotatable bonds is 5. The first-order valence-corrected chi connectivity index (χ1v) is 13.9. The maximum Gasteiger partial charge on any atom is 0.416 e. The molecular formula is C32H32F7N3O2. The molecule has 3 aromatic rings. The molecule has 0 N–H and O–H groups in total. The van der Waals surface area contributed by atoms with Crippen molar-refractivity contribution < 1.29 is 40.3 Å². The van der Waals surface area contributed by atoms with E-state index in [1.54, 1.807) is 17.9 Å². The quantitative estimate of drug-likeness (QED) is 0.272. The van der Waals surface area contributed by atoms with Crippen molar-refractivity contribution in [2.45, 2.75) is 64.2 Å². The second-order valence-corrected chi connectivity index (χ2v) is 11.7. The second-order valence-electron chi connectivity index (χ2n) is 11.7. The predicted molar refractivity (Wildman–Crippen MR) is 151 cm³/mol. The van der Waals surface area contributed by atoms with E-state index in [1.165, 1.54) is 52.2 Å². The Bertz CT molecular complexity index is 1550. The third-order valence-corrected chi connectivity index (χ3v) is 8.18. The van der Waals surface area contributed by atoms with Crippen LogP contribution in [0.2, 0.25) is 0 Å². The van der Waals surface area contributed by atoms with Crippen LogP contribution in [-0.2, 0) is 27.4 Å². The lowest BCUT2D eigenvalue weighted by molar-refractivity contribution is -0.143. The number of amides is 2. The van der Waals surface area contributed by atoms with Crippen molar-refractivity contribution in [3.05, 3.63) is 82.4 Å². The molecule has 1 aromatic heterocycles. The minimum atomic E-state index is -5.08. The molecule has 0 saturated carbocycles. The lowest BCUT2D eigenvalue weighted by atomic mass is 9.81. The smallest absolute Gasteiger partial charge is 0.342 e. The molecule has 5 nitrogen and oxygen atoms in total. The summed E-state index contributed by atoms with van der Waals surface area (Å²) in [5.41, 5.74) is -2.93. The number of carbonyl (C=O) groups excluding carboxylic acids is 2. The summed E-state index contributed by atoms with van der Waals surface area (Å²) < 4.78 is 95.6. The average Bonchev–Trinajstić information content (AvgIpc) is 2.95. The molecular weight excluding hydrogens is 591 g/mol. The Kier molecular flexibility index (Phi) is 8.87. The highest BCUT2D eigenvalue weighted by molar-refractivity contribution is 6.03. The fraction of sp³-hybridized carbons (Fsp3) is 0.406. The molecule has 1 aliphatic rings. The van der Waals surface area contributed by atoms with Gasteiger partial charge in [-0.1, -0.05) is 6.07 Å². The van der Waals surface area contributed by atoms with E-state index < -0.39 is 46.2 Å². The molecule has 0 radical (unpaired) electrons. The van der Waals surface area contributed by atoms with Crippen molar-refractivity contribution in [3.8, 4) is 11.1 Å². The number of alkyl halides is 6. The normalized spacial score (nSPS) is 16.2. The van der Waals surface area contributed by atoms with Crippen LogP contribution in [-0.4, -0.2) is 41.8 Å². The fourth-order valence-corrected chi connectivity index (χ4v) is 5.57. The number of benzene rings is 2. The van der Waals surface area contributed by atoms with Gasteiger partial charge in [-0.15, -0.1) is 0 Å².